The number of carbonyl (C=O) groups is 2. The van der Waals surface area contributed by atoms with Crippen LogP contribution in [0.1, 0.15) is 39.8 Å². The summed E-state index contributed by atoms with van der Waals surface area (Å²) in [5.74, 6) is -0.745. The zero-order valence-electron chi connectivity index (χ0n) is 23.5. The molecule has 1 atom stereocenters. The Morgan fingerprint density at radius 1 is 1.05 bits per heavy atom. The van der Waals surface area contributed by atoms with E-state index in [0.29, 0.717) is 46.0 Å². The molecule has 1 N–H and O–H groups in total. The van der Waals surface area contributed by atoms with E-state index in [4.69, 9.17) is 19.7 Å². The molecular weight excluding hydrogens is 551 g/mol. The molecule has 2 aromatic heterocycles. The maximum absolute atomic E-state index is 14.2. The predicted octanol–water partition coefficient (Wildman–Crippen LogP) is 5.58. The molecule has 0 aliphatic carbocycles. The Kier molecular flexibility index (Phi) is 8.55. The Labute approximate surface area is 246 Å². The summed E-state index contributed by atoms with van der Waals surface area (Å²) in [5.41, 5.74) is 4.81. The molecule has 0 amide bonds. The number of halogens is 1. The van der Waals surface area contributed by atoms with Crippen LogP contribution in [0, 0.1) is 17.1 Å². The Hall–Kier alpha value is -5.40. The van der Waals surface area contributed by atoms with Crippen molar-refractivity contribution in [1.82, 2.24) is 14.5 Å². The van der Waals surface area contributed by atoms with Crippen molar-refractivity contribution in [1.29, 1.82) is 5.26 Å². The topological polar surface area (TPSA) is 127 Å². The fraction of sp³-hybridized carbons (Fsp3) is 0.182. The van der Waals surface area contributed by atoms with Crippen LogP contribution in [-0.2, 0) is 29.1 Å². The molecule has 0 fully saturated rings. The molecule has 2 heterocycles. The number of imidazole rings is 1. The lowest BCUT2D eigenvalue weighted by molar-refractivity contribution is -0.149. The highest BCUT2D eigenvalue weighted by Crippen LogP contribution is 2.25. The van der Waals surface area contributed by atoms with E-state index in [9.17, 15) is 19.1 Å². The summed E-state index contributed by atoms with van der Waals surface area (Å²) in [5, 5.41) is 18.5. The van der Waals surface area contributed by atoms with Crippen LogP contribution in [0.25, 0.3) is 22.3 Å². The van der Waals surface area contributed by atoms with E-state index in [2.05, 4.69) is 4.98 Å². The van der Waals surface area contributed by atoms with Gasteiger partial charge >= 0.3 is 5.97 Å². The number of rotatable bonds is 11. The second-order valence-electron chi connectivity index (χ2n) is 9.90. The number of ketones is 1. The van der Waals surface area contributed by atoms with E-state index >= 15 is 0 Å². The van der Waals surface area contributed by atoms with Crippen molar-refractivity contribution in [2.45, 2.75) is 32.6 Å². The SMILES string of the molecule is CO[C@@H](Cn1c(Cc2ccc(-c3cccc(OCc4ccc(C#N)cc4F)n3)cc2)nc2ccc(C(C)=O)cc21)C(=O)O. The molecule has 0 bridgehead atoms. The standard InChI is InChI=1S/C33H27FN4O5/c1-20(39)24-12-13-28-29(16-24)38(18-30(42-2)33(40)41)31(36-28)15-21-6-9-23(10-7-21)27-4-3-5-32(37-27)43-19-25-11-8-22(17-35)14-26(25)34/h3-14,16,30H,15,18-19H2,1-2H3,(H,40,41)/t30-/m0/s1. The number of carboxylic acids is 1. The summed E-state index contributed by atoms with van der Waals surface area (Å²) in [6, 6.07) is 24.3. The molecular formula is C33H27FN4O5. The number of Topliss-reactive ketones (excluding diaryl/α,β-unsaturated/α-hetero) is 1. The molecule has 0 aliphatic heterocycles. The lowest BCUT2D eigenvalue weighted by atomic mass is 10.1. The number of fused-ring (bicyclic) bond motifs is 1. The third kappa shape index (κ3) is 6.58. The third-order valence-electron chi connectivity index (χ3n) is 7.04. The second-order valence-corrected chi connectivity index (χ2v) is 9.90. The monoisotopic (exact) mass is 578 g/mol. The number of pyridine rings is 1. The van der Waals surface area contributed by atoms with Crippen LogP contribution < -0.4 is 4.74 Å². The van der Waals surface area contributed by atoms with Gasteiger partial charge in [0.25, 0.3) is 0 Å². The first-order valence-corrected chi connectivity index (χ1v) is 13.4. The molecule has 0 aliphatic rings. The Balaban J connectivity index is 1.36. The van der Waals surface area contributed by atoms with Crippen molar-refractivity contribution < 1.29 is 28.6 Å². The molecule has 0 saturated heterocycles. The average molecular weight is 579 g/mol. The van der Waals surface area contributed by atoms with Crippen LogP contribution in [-0.4, -0.2) is 44.6 Å². The van der Waals surface area contributed by atoms with Gasteiger partial charge in [0.2, 0.25) is 5.88 Å². The third-order valence-corrected chi connectivity index (χ3v) is 7.04. The first-order chi connectivity index (χ1) is 20.7. The van der Waals surface area contributed by atoms with Crippen molar-refractivity contribution in [3.8, 4) is 23.2 Å². The number of nitrogens with zero attached hydrogens (tertiary/aromatic N) is 4. The van der Waals surface area contributed by atoms with Gasteiger partial charge in [-0.2, -0.15) is 5.26 Å². The minimum atomic E-state index is -1.09. The van der Waals surface area contributed by atoms with Gasteiger partial charge in [0.05, 0.1) is 34.9 Å². The van der Waals surface area contributed by atoms with Crippen LogP contribution in [0.15, 0.2) is 78.9 Å². The van der Waals surface area contributed by atoms with Crippen molar-refractivity contribution >= 4 is 22.8 Å². The molecule has 216 valence electrons. The number of carbonyl (C=O) groups excluding carboxylic acids is 1. The van der Waals surface area contributed by atoms with Crippen LogP contribution >= 0.6 is 0 Å². The van der Waals surface area contributed by atoms with E-state index < -0.39 is 17.9 Å². The normalized spacial score (nSPS) is 11.7. The number of aromatic nitrogens is 3. The van der Waals surface area contributed by atoms with Gasteiger partial charge in [-0.15, -0.1) is 0 Å². The van der Waals surface area contributed by atoms with Gasteiger partial charge in [-0.3, -0.25) is 4.79 Å². The summed E-state index contributed by atoms with van der Waals surface area (Å²) in [6.07, 6.45) is -0.679. The predicted molar refractivity (Wildman–Crippen MR) is 156 cm³/mol. The molecule has 0 unspecified atom stereocenters. The maximum atomic E-state index is 14.2. The van der Waals surface area contributed by atoms with Gasteiger partial charge < -0.3 is 19.1 Å². The summed E-state index contributed by atoms with van der Waals surface area (Å²) >= 11 is 0. The van der Waals surface area contributed by atoms with Gasteiger partial charge in [0.15, 0.2) is 11.9 Å². The van der Waals surface area contributed by atoms with E-state index in [1.807, 2.05) is 36.4 Å². The van der Waals surface area contributed by atoms with E-state index in [1.165, 1.54) is 32.2 Å². The minimum Gasteiger partial charge on any atom is -0.479 e. The highest BCUT2D eigenvalue weighted by Gasteiger charge is 2.22. The summed E-state index contributed by atoms with van der Waals surface area (Å²) in [6.45, 7) is 1.47. The number of aliphatic carboxylic acids is 1. The molecule has 9 nitrogen and oxygen atoms in total. The molecule has 0 saturated carbocycles. The maximum Gasteiger partial charge on any atom is 0.334 e. The van der Waals surface area contributed by atoms with Crippen LogP contribution in [0.4, 0.5) is 4.39 Å². The number of nitriles is 1. The largest absolute Gasteiger partial charge is 0.479 e. The van der Waals surface area contributed by atoms with Crippen molar-refractivity contribution in [2.24, 2.45) is 0 Å². The van der Waals surface area contributed by atoms with Crippen LogP contribution in [0.5, 0.6) is 5.88 Å². The molecule has 0 radical (unpaired) electrons. The molecule has 5 aromatic rings. The van der Waals surface area contributed by atoms with E-state index in [1.54, 1.807) is 34.9 Å². The molecule has 5 rings (SSSR count). The fourth-order valence-corrected chi connectivity index (χ4v) is 4.67. The quantitative estimate of drug-likeness (QED) is 0.201. The highest BCUT2D eigenvalue weighted by molar-refractivity contribution is 5.97. The van der Waals surface area contributed by atoms with E-state index in [-0.39, 0.29) is 24.5 Å². The zero-order valence-corrected chi connectivity index (χ0v) is 23.5. The summed E-state index contributed by atoms with van der Waals surface area (Å²) < 4.78 is 26.9. The average Bonchev–Trinajstić information content (AvgIpc) is 3.35. The van der Waals surface area contributed by atoms with Crippen molar-refractivity contribution in [2.75, 3.05) is 7.11 Å². The molecule has 3 aromatic carbocycles. The lowest BCUT2D eigenvalue weighted by Crippen LogP contribution is -2.28. The Bertz CT molecular complexity index is 1860. The van der Waals surface area contributed by atoms with Gasteiger partial charge in [-0.25, -0.2) is 19.2 Å². The lowest BCUT2D eigenvalue weighted by Gasteiger charge is -2.15. The van der Waals surface area contributed by atoms with Gasteiger partial charge in [0.1, 0.15) is 18.2 Å². The second kappa shape index (κ2) is 12.6. The number of hydrogen-bond donors (Lipinski definition) is 1. The summed E-state index contributed by atoms with van der Waals surface area (Å²) in [7, 11) is 1.34. The highest BCUT2D eigenvalue weighted by atomic mass is 19.1. The number of carboxylic acid groups (broad SMARTS) is 1. The summed E-state index contributed by atoms with van der Waals surface area (Å²) in [4.78, 5) is 33.0. The van der Waals surface area contributed by atoms with Crippen LogP contribution in [0.2, 0.25) is 0 Å². The Morgan fingerprint density at radius 2 is 1.84 bits per heavy atom. The Morgan fingerprint density at radius 3 is 2.51 bits per heavy atom. The number of ether oxygens (including phenoxy) is 2. The van der Waals surface area contributed by atoms with Gasteiger partial charge in [-0.1, -0.05) is 36.4 Å². The first-order valence-electron chi connectivity index (χ1n) is 13.4. The smallest absolute Gasteiger partial charge is 0.334 e. The molecule has 0 spiro atoms. The van der Waals surface area contributed by atoms with Gasteiger partial charge in [0, 0.05) is 36.3 Å². The first kappa shape index (κ1) is 29.1. The van der Waals surface area contributed by atoms with E-state index in [0.717, 1.165) is 11.1 Å². The van der Waals surface area contributed by atoms with Crippen molar-refractivity contribution in [3.63, 3.8) is 0 Å². The fourth-order valence-electron chi connectivity index (χ4n) is 4.67. The molecule has 43 heavy (non-hydrogen) atoms. The molecule has 10 heteroatoms. The minimum absolute atomic E-state index is 0.0280. The van der Waals surface area contributed by atoms with Crippen LogP contribution in [0.3, 0.4) is 0 Å². The number of benzene rings is 3. The zero-order chi connectivity index (χ0) is 30.5. The number of hydrogen-bond acceptors (Lipinski definition) is 7. The van der Waals surface area contributed by atoms with Crippen molar-refractivity contribution in [3.05, 3.63) is 113 Å². The number of methoxy groups -OCH3 is 1. The van der Waals surface area contributed by atoms with Gasteiger partial charge in [-0.05, 0) is 48.9 Å².